The Kier molecular flexibility index (Phi) is 7.82. The standard InChI is InChI=1S/C29H44N8O2/c1-16(2)13-21-11-12-22-17(3)9-10-20-14-36(15-37(21)23(20)22)24-26(31-5)34-28(25(30)33-29(38)39)35-27(24)32-18(4)19-7-6-8-19/h16-21H,5-15H2,1-4H3,(H2,30,33)(H,38,39)(H,32,34,35)/t17-,18-,20+,21-/m1/s1. The summed E-state index contributed by atoms with van der Waals surface area (Å²) >= 11 is 0. The van der Waals surface area contributed by atoms with Gasteiger partial charge in [0.25, 0.3) is 0 Å². The van der Waals surface area contributed by atoms with Crippen LogP contribution in [-0.2, 0) is 0 Å². The summed E-state index contributed by atoms with van der Waals surface area (Å²) in [6.07, 6.45) is 8.20. The average Bonchev–Trinajstić information content (AvgIpc) is 2.84. The van der Waals surface area contributed by atoms with Crippen molar-refractivity contribution < 1.29 is 9.90 Å². The van der Waals surface area contributed by atoms with Gasteiger partial charge in [0.1, 0.15) is 5.69 Å². The number of anilines is 2. The summed E-state index contributed by atoms with van der Waals surface area (Å²) in [5.74, 6) is 2.88. The monoisotopic (exact) mass is 536 g/mol. The number of rotatable bonds is 8. The van der Waals surface area contributed by atoms with E-state index in [9.17, 15) is 9.90 Å². The number of aliphatic imine (C=N–C) groups is 1. The van der Waals surface area contributed by atoms with E-state index in [4.69, 9.17) is 10.4 Å². The van der Waals surface area contributed by atoms with Crippen LogP contribution in [0.1, 0.15) is 84.9 Å². The third-order valence-electron chi connectivity index (χ3n) is 9.27. The van der Waals surface area contributed by atoms with Crippen LogP contribution in [0, 0.1) is 29.1 Å². The molecule has 3 heterocycles. The van der Waals surface area contributed by atoms with Crippen LogP contribution in [0.3, 0.4) is 0 Å². The van der Waals surface area contributed by atoms with Crippen LogP contribution in [0.5, 0.6) is 0 Å². The molecule has 1 saturated carbocycles. The number of amidine groups is 1. The number of hydrogen-bond donors (Lipinski definition) is 4. The van der Waals surface area contributed by atoms with E-state index >= 15 is 0 Å². The molecule has 0 bridgehead atoms. The van der Waals surface area contributed by atoms with Gasteiger partial charge in [0.15, 0.2) is 23.3 Å². The highest BCUT2D eigenvalue weighted by atomic mass is 16.4. The van der Waals surface area contributed by atoms with Gasteiger partial charge in [-0.2, -0.15) is 0 Å². The zero-order valence-corrected chi connectivity index (χ0v) is 23.8. The maximum atomic E-state index is 11.2. The molecule has 5 rings (SSSR count). The summed E-state index contributed by atoms with van der Waals surface area (Å²) in [6.45, 7) is 14.6. The Bertz CT molecular complexity index is 1160. The predicted molar refractivity (Wildman–Crippen MR) is 155 cm³/mol. The maximum Gasteiger partial charge on any atom is 0.410 e. The molecule has 0 radical (unpaired) electrons. The van der Waals surface area contributed by atoms with Gasteiger partial charge in [-0.3, -0.25) is 10.7 Å². The van der Waals surface area contributed by atoms with Crippen molar-refractivity contribution in [1.29, 1.82) is 5.41 Å². The van der Waals surface area contributed by atoms with Crippen LogP contribution < -0.4 is 15.5 Å². The molecule has 10 nitrogen and oxygen atoms in total. The van der Waals surface area contributed by atoms with E-state index in [0.29, 0.717) is 41.3 Å². The van der Waals surface area contributed by atoms with Crippen LogP contribution in [0.2, 0.25) is 0 Å². The van der Waals surface area contributed by atoms with Crippen LogP contribution in [0.25, 0.3) is 0 Å². The second kappa shape index (κ2) is 11.1. The van der Waals surface area contributed by atoms with Gasteiger partial charge in [0, 0.05) is 30.2 Å². The summed E-state index contributed by atoms with van der Waals surface area (Å²) in [6, 6.07) is 0.684. The molecule has 1 aromatic heterocycles. The van der Waals surface area contributed by atoms with Gasteiger partial charge in [-0.15, -0.1) is 0 Å². The van der Waals surface area contributed by atoms with Gasteiger partial charge in [-0.25, -0.2) is 19.8 Å². The van der Waals surface area contributed by atoms with Crippen LogP contribution in [0.15, 0.2) is 16.3 Å². The minimum Gasteiger partial charge on any atom is -0.465 e. The van der Waals surface area contributed by atoms with Gasteiger partial charge in [-0.05, 0) is 81.9 Å². The fraction of sp³-hybridized carbons (Fsp3) is 0.690. The normalized spacial score (nSPS) is 25.6. The zero-order valence-electron chi connectivity index (χ0n) is 23.8. The number of amides is 1. The molecule has 4 N–H and O–H groups in total. The fourth-order valence-corrected chi connectivity index (χ4v) is 7.07. The van der Waals surface area contributed by atoms with Gasteiger partial charge >= 0.3 is 6.09 Å². The third kappa shape index (κ3) is 5.47. The molecule has 10 heteroatoms. The lowest BCUT2D eigenvalue weighted by Crippen LogP contribution is -2.55. The Morgan fingerprint density at radius 3 is 2.62 bits per heavy atom. The van der Waals surface area contributed by atoms with Crippen molar-refractivity contribution in [2.75, 3.05) is 23.4 Å². The summed E-state index contributed by atoms with van der Waals surface area (Å²) in [7, 11) is 0. The lowest BCUT2D eigenvalue weighted by molar-refractivity contribution is 0.129. The summed E-state index contributed by atoms with van der Waals surface area (Å²) in [4.78, 5) is 29.8. The summed E-state index contributed by atoms with van der Waals surface area (Å²) in [5.41, 5.74) is 4.04. The summed E-state index contributed by atoms with van der Waals surface area (Å²) < 4.78 is 0. The molecule has 0 spiro atoms. The topological polar surface area (TPSA) is 130 Å². The van der Waals surface area contributed by atoms with Crippen molar-refractivity contribution in [3.63, 3.8) is 0 Å². The van der Waals surface area contributed by atoms with E-state index in [1.165, 1.54) is 38.5 Å². The Balaban J connectivity index is 1.56. The minimum absolute atomic E-state index is 0.00566. The number of hydrogen-bond acceptors (Lipinski definition) is 8. The number of carbonyl (C=O) groups is 1. The number of aromatic nitrogens is 2. The number of nitrogens with zero attached hydrogens (tertiary/aromatic N) is 5. The molecular weight excluding hydrogens is 492 g/mol. The van der Waals surface area contributed by atoms with Crippen molar-refractivity contribution in [3.05, 3.63) is 17.1 Å². The molecule has 1 amide bonds. The molecule has 4 aliphatic rings. The first kappa shape index (κ1) is 27.4. The van der Waals surface area contributed by atoms with Crippen LogP contribution in [-0.4, -0.2) is 63.9 Å². The summed E-state index contributed by atoms with van der Waals surface area (Å²) in [5, 5.41) is 23.1. The van der Waals surface area contributed by atoms with Crippen molar-refractivity contribution in [3.8, 4) is 0 Å². The van der Waals surface area contributed by atoms with Crippen molar-refractivity contribution >= 4 is 36.0 Å². The highest BCUT2D eigenvalue weighted by Gasteiger charge is 2.43. The third-order valence-corrected chi connectivity index (χ3v) is 9.27. The second-order valence-electron chi connectivity index (χ2n) is 12.4. The number of allylic oxidation sites excluding steroid dienone is 1. The SMILES string of the molecule is C=Nc1nc(C(=N)NC(=O)O)nc(N[C@H](C)C2CCC2)c1N1C[C@@H]2CC[C@@H](C)C3=C2N(C1)[C@@H](CC(C)C)CC3. The largest absolute Gasteiger partial charge is 0.465 e. The van der Waals surface area contributed by atoms with Crippen molar-refractivity contribution in [2.24, 2.45) is 28.7 Å². The fourth-order valence-electron chi connectivity index (χ4n) is 7.07. The van der Waals surface area contributed by atoms with E-state index in [-0.39, 0.29) is 17.7 Å². The molecule has 4 atom stereocenters. The highest BCUT2D eigenvalue weighted by Crippen LogP contribution is 2.48. The molecule has 0 aromatic carbocycles. The molecule has 212 valence electrons. The minimum atomic E-state index is -1.32. The van der Waals surface area contributed by atoms with Gasteiger partial charge in [0.2, 0.25) is 0 Å². The molecule has 2 aliphatic carbocycles. The van der Waals surface area contributed by atoms with Crippen LogP contribution in [0.4, 0.5) is 22.1 Å². The molecule has 1 saturated heterocycles. The highest BCUT2D eigenvalue weighted by molar-refractivity contribution is 6.02. The lowest BCUT2D eigenvalue weighted by atomic mass is 9.73. The van der Waals surface area contributed by atoms with Crippen molar-refractivity contribution in [2.45, 2.75) is 91.1 Å². The molecular formula is C29H44N8O2. The van der Waals surface area contributed by atoms with E-state index < -0.39 is 6.09 Å². The molecule has 2 fully saturated rings. The Morgan fingerprint density at radius 1 is 1.21 bits per heavy atom. The number of carboxylic acid groups (broad SMARTS) is 1. The average molecular weight is 537 g/mol. The maximum absolute atomic E-state index is 11.2. The first-order chi connectivity index (χ1) is 18.7. The van der Waals surface area contributed by atoms with Crippen LogP contribution >= 0.6 is 0 Å². The number of nitrogens with one attached hydrogen (secondary N) is 3. The smallest absolute Gasteiger partial charge is 0.410 e. The molecule has 39 heavy (non-hydrogen) atoms. The quantitative estimate of drug-likeness (QED) is 0.252. The lowest BCUT2D eigenvalue weighted by Gasteiger charge is -2.54. The van der Waals surface area contributed by atoms with Crippen molar-refractivity contribution in [1.82, 2.24) is 20.2 Å². The Labute approximate surface area is 231 Å². The Morgan fingerprint density at radius 2 is 1.97 bits per heavy atom. The van der Waals surface area contributed by atoms with E-state index in [2.05, 4.69) is 64.8 Å². The first-order valence-corrected chi connectivity index (χ1v) is 14.6. The van der Waals surface area contributed by atoms with Gasteiger partial charge < -0.3 is 20.2 Å². The van der Waals surface area contributed by atoms with Gasteiger partial charge in [0.05, 0.1) is 6.67 Å². The molecule has 2 aliphatic heterocycles. The van der Waals surface area contributed by atoms with E-state index in [1.54, 1.807) is 11.3 Å². The zero-order chi connectivity index (χ0) is 27.8. The first-order valence-electron chi connectivity index (χ1n) is 14.6. The van der Waals surface area contributed by atoms with E-state index in [1.807, 2.05) is 0 Å². The van der Waals surface area contributed by atoms with Gasteiger partial charge in [-0.1, -0.05) is 27.2 Å². The van der Waals surface area contributed by atoms with E-state index in [0.717, 1.165) is 31.7 Å². The predicted octanol–water partition coefficient (Wildman–Crippen LogP) is 5.59. The molecule has 0 unspecified atom stereocenters. The second-order valence-corrected chi connectivity index (χ2v) is 12.4. The Hall–Kier alpha value is -3.17. The molecule has 1 aromatic rings.